The standard InChI is InChI=1S/C31H26O6/c1-17-14-22-25(15-18(17)2)35-27(19-10-12-21(13-11-19)31(3,4)5)28(26(22)32)37-30(34)23-16-20-8-6-7-9-24(20)36-29(23)33/h6-16H,1-5H3. The molecule has 186 valence electrons. The molecule has 0 aliphatic rings. The second-order valence-corrected chi connectivity index (χ2v) is 10.2. The number of benzene rings is 3. The molecule has 0 saturated heterocycles. The zero-order valence-corrected chi connectivity index (χ0v) is 21.3. The van der Waals surface area contributed by atoms with Crippen molar-refractivity contribution in [2.45, 2.75) is 40.0 Å². The van der Waals surface area contributed by atoms with Crippen LogP contribution in [0.1, 0.15) is 47.8 Å². The predicted molar refractivity (Wildman–Crippen MR) is 144 cm³/mol. The zero-order chi connectivity index (χ0) is 26.5. The first-order valence-electron chi connectivity index (χ1n) is 12.0. The third-order valence-electron chi connectivity index (χ3n) is 6.53. The number of fused-ring (bicyclic) bond motifs is 2. The number of ether oxygens (including phenoxy) is 1. The summed E-state index contributed by atoms with van der Waals surface area (Å²) in [6.45, 7) is 10.1. The summed E-state index contributed by atoms with van der Waals surface area (Å²) in [6.07, 6.45) is 0. The molecular formula is C31H26O6. The van der Waals surface area contributed by atoms with E-state index >= 15 is 0 Å². The van der Waals surface area contributed by atoms with E-state index in [1.54, 1.807) is 36.4 Å². The minimum Gasteiger partial charge on any atom is -0.452 e. The molecule has 0 radical (unpaired) electrons. The van der Waals surface area contributed by atoms with Crippen LogP contribution in [0.25, 0.3) is 33.3 Å². The van der Waals surface area contributed by atoms with Crippen LogP contribution in [0.5, 0.6) is 5.75 Å². The van der Waals surface area contributed by atoms with Gasteiger partial charge in [-0.2, -0.15) is 0 Å². The van der Waals surface area contributed by atoms with Gasteiger partial charge in [0.15, 0.2) is 5.76 Å². The van der Waals surface area contributed by atoms with E-state index in [1.165, 1.54) is 6.07 Å². The van der Waals surface area contributed by atoms with Gasteiger partial charge in [-0.1, -0.05) is 63.2 Å². The van der Waals surface area contributed by atoms with Gasteiger partial charge in [0.05, 0.1) is 5.39 Å². The SMILES string of the molecule is Cc1cc2oc(-c3ccc(C(C)(C)C)cc3)c(OC(=O)c3cc4ccccc4oc3=O)c(=O)c2cc1C. The molecule has 0 saturated carbocycles. The van der Waals surface area contributed by atoms with Gasteiger partial charge in [0, 0.05) is 10.9 Å². The molecule has 5 rings (SSSR count). The van der Waals surface area contributed by atoms with Crippen LogP contribution in [0.4, 0.5) is 0 Å². The summed E-state index contributed by atoms with van der Waals surface area (Å²) >= 11 is 0. The van der Waals surface area contributed by atoms with E-state index in [4.69, 9.17) is 13.6 Å². The van der Waals surface area contributed by atoms with E-state index in [0.717, 1.165) is 16.7 Å². The van der Waals surface area contributed by atoms with Gasteiger partial charge < -0.3 is 13.6 Å². The maximum absolute atomic E-state index is 13.6. The van der Waals surface area contributed by atoms with Gasteiger partial charge >= 0.3 is 11.6 Å². The van der Waals surface area contributed by atoms with Crippen LogP contribution in [0.2, 0.25) is 0 Å². The highest BCUT2D eigenvalue weighted by Gasteiger charge is 2.24. The minimum atomic E-state index is -0.998. The summed E-state index contributed by atoms with van der Waals surface area (Å²) in [5.74, 6) is -1.17. The van der Waals surface area contributed by atoms with Gasteiger partial charge in [-0.15, -0.1) is 0 Å². The Balaban J connectivity index is 1.68. The number of rotatable bonds is 3. The number of hydrogen-bond donors (Lipinski definition) is 0. The summed E-state index contributed by atoms with van der Waals surface area (Å²) < 4.78 is 17.1. The number of esters is 1. The smallest absolute Gasteiger partial charge is 0.351 e. The van der Waals surface area contributed by atoms with Crippen molar-refractivity contribution in [3.05, 3.63) is 110 Å². The maximum Gasteiger partial charge on any atom is 0.351 e. The summed E-state index contributed by atoms with van der Waals surface area (Å²) in [4.78, 5) is 39.4. The molecule has 2 heterocycles. The quantitative estimate of drug-likeness (QED) is 0.205. The normalized spacial score (nSPS) is 11.7. The molecule has 5 aromatic rings. The van der Waals surface area contributed by atoms with Gasteiger partial charge in [0.1, 0.15) is 16.7 Å². The monoisotopic (exact) mass is 494 g/mol. The van der Waals surface area contributed by atoms with Crippen molar-refractivity contribution in [1.29, 1.82) is 0 Å². The van der Waals surface area contributed by atoms with Gasteiger partial charge in [0.25, 0.3) is 0 Å². The van der Waals surface area contributed by atoms with Crippen molar-refractivity contribution in [2.75, 3.05) is 0 Å². The van der Waals surface area contributed by atoms with E-state index in [9.17, 15) is 14.4 Å². The zero-order valence-electron chi connectivity index (χ0n) is 21.3. The fourth-order valence-corrected chi connectivity index (χ4v) is 4.19. The molecule has 0 atom stereocenters. The molecule has 3 aromatic carbocycles. The summed E-state index contributed by atoms with van der Waals surface area (Å²) in [5, 5.41) is 0.843. The van der Waals surface area contributed by atoms with Crippen molar-refractivity contribution in [1.82, 2.24) is 0 Å². The Morgan fingerprint density at radius 2 is 1.49 bits per heavy atom. The van der Waals surface area contributed by atoms with E-state index < -0.39 is 17.0 Å². The highest BCUT2D eigenvalue weighted by atomic mass is 16.5. The Morgan fingerprint density at radius 3 is 2.19 bits per heavy atom. The van der Waals surface area contributed by atoms with Crippen LogP contribution < -0.4 is 15.8 Å². The molecular weight excluding hydrogens is 468 g/mol. The molecule has 6 heteroatoms. The largest absolute Gasteiger partial charge is 0.452 e. The summed E-state index contributed by atoms with van der Waals surface area (Å²) in [5.41, 5.74) is 2.51. The van der Waals surface area contributed by atoms with Crippen LogP contribution in [-0.4, -0.2) is 5.97 Å². The average molecular weight is 495 g/mol. The van der Waals surface area contributed by atoms with Crippen molar-refractivity contribution in [3.8, 4) is 17.1 Å². The minimum absolute atomic E-state index is 0.0726. The summed E-state index contributed by atoms with van der Waals surface area (Å²) in [6, 6.07) is 19.3. The second kappa shape index (κ2) is 8.89. The van der Waals surface area contributed by atoms with Crippen LogP contribution >= 0.6 is 0 Å². The fraction of sp³-hybridized carbons (Fsp3) is 0.194. The molecule has 6 nitrogen and oxygen atoms in total. The van der Waals surface area contributed by atoms with E-state index in [-0.39, 0.29) is 27.9 Å². The van der Waals surface area contributed by atoms with E-state index in [2.05, 4.69) is 20.8 Å². The first-order valence-corrected chi connectivity index (χ1v) is 12.0. The van der Waals surface area contributed by atoms with Gasteiger partial charge in [-0.25, -0.2) is 9.59 Å². The Hall–Kier alpha value is -4.45. The summed E-state index contributed by atoms with van der Waals surface area (Å²) in [7, 11) is 0. The highest BCUT2D eigenvalue weighted by Crippen LogP contribution is 2.34. The fourth-order valence-electron chi connectivity index (χ4n) is 4.19. The molecule has 0 amide bonds. The molecule has 0 bridgehead atoms. The molecule has 0 aliphatic carbocycles. The Kier molecular flexibility index (Phi) is 5.83. The van der Waals surface area contributed by atoms with Crippen LogP contribution in [0.15, 0.2) is 85.2 Å². The molecule has 2 aromatic heterocycles. The van der Waals surface area contributed by atoms with Crippen molar-refractivity contribution >= 4 is 27.9 Å². The van der Waals surface area contributed by atoms with Crippen molar-refractivity contribution in [3.63, 3.8) is 0 Å². The third-order valence-corrected chi connectivity index (χ3v) is 6.53. The lowest BCUT2D eigenvalue weighted by molar-refractivity contribution is 0.0727. The number of aryl methyl sites for hydroxylation is 2. The highest BCUT2D eigenvalue weighted by molar-refractivity contribution is 5.95. The lowest BCUT2D eigenvalue weighted by Gasteiger charge is -2.19. The van der Waals surface area contributed by atoms with Gasteiger partial charge in [0.2, 0.25) is 11.2 Å². The molecule has 37 heavy (non-hydrogen) atoms. The molecule has 0 spiro atoms. The van der Waals surface area contributed by atoms with E-state index in [0.29, 0.717) is 22.1 Å². The molecule has 0 unspecified atom stereocenters. The van der Waals surface area contributed by atoms with Crippen LogP contribution in [-0.2, 0) is 5.41 Å². The first-order chi connectivity index (χ1) is 17.5. The number of hydrogen-bond acceptors (Lipinski definition) is 6. The predicted octanol–water partition coefficient (Wildman–Crippen LogP) is 6.70. The molecule has 0 aliphatic heterocycles. The Bertz CT molecular complexity index is 1800. The van der Waals surface area contributed by atoms with Gasteiger partial charge in [-0.3, -0.25) is 4.79 Å². The van der Waals surface area contributed by atoms with Gasteiger partial charge in [-0.05, 0) is 60.2 Å². The van der Waals surface area contributed by atoms with Crippen LogP contribution in [0, 0.1) is 13.8 Å². The lowest BCUT2D eigenvalue weighted by Crippen LogP contribution is -2.22. The molecule has 0 N–H and O–H groups in total. The van der Waals surface area contributed by atoms with E-state index in [1.807, 2.05) is 38.1 Å². The number of carbonyl (C=O) groups is 1. The second-order valence-electron chi connectivity index (χ2n) is 10.2. The third kappa shape index (κ3) is 4.47. The topological polar surface area (TPSA) is 86.7 Å². The average Bonchev–Trinajstić information content (AvgIpc) is 2.86. The lowest BCUT2D eigenvalue weighted by atomic mass is 9.86. The Morgan fingerprint density at radius 1 is 0.811 bits per heavy atom. The molecule has 0 fully saturated rings. The van der Waals surface area contributed by atoms with Crippen molar-refractivity contribution in [2.24, 2.45) is 0 Å². The number of carbonyl (C=O) groups excluding carboxylic acids is 1. The first kappa shape index (κ1) is 24.3. The van der Waals surface area contributed by atoms with Crippen LogP contribution in [0.3, 0.4) is 0 Å². The maximum atomic E-state index is 13.6. The Labute approximate surface area is 213 Å². The number of para-hydroxylation sites is 1. The van der Waals surface area contributed by atoms with Crippen molar-refractivity contribution < 1.29 is 18.4 Å².